The molecule has 0 aliphatic carbocycles. The lowest BCUT2D eigenvalue weighted by Gasteiger charge is -2.19. The molecule has 0 bridgehead atoms. The molecule has 0 aliphatic heterocycles. The minimum absolute atomic E-state index is 0.355. The van der Waals surface area contributed by atoms with Gasteiger partial charge in [0.15, 0.2) is 0 Å². The summed E-state index contributed by atoms with van der Waals surface area (Å²) in [5.41, 5.74) is 1.29. The molecule has 0 heterocycles. The van der Waals surface area contributed by atoms with E-state index in [0.717, 1.165) is 14.0 Å². The molecule has 0 spiro atoms. The van der Waals surface area contributed by atoms with E-state index in [4.69, 9.17) is 0 Å². The maximum atomic E-state index is 12.2. The highest BCUT2D eigenvalue weighted by Crippen LogP contribution is 2.22. The van der Waals surface area contributed by atoms with Gasteiger partial charge in [-0.2, -0.15) is 0 Å². The lowest BCUT2D eigenvalue weighted by molar-refractivity contribution is -0.137. The molecule has 0 saturated carbocycles. The minimum Gasteiger partial charge on any atom is -0.274 e. The Morgan fingerprint density at radius 1 is 1.14 bits per heavy atom. The van der Waals surface area contributed by atoms with Gasteiger partial charge in [0.25, 0.3) is 0 Å². The molecule has 3 nitrogen and oxygen atoms in total. The van der Waals surface area contributed by atoms with Gasteiger partial charge in [-0.25, -0.2) is 4.90 Å². The third-order valence-corrected chi connectivity index (χ3v) is 3.79. The van der Waals surface area contributed by atoms with E-state index in [9.17, 15) is 9.59 Å². The topological polar surface area (TPSA) is 37.4 Å². The fourth-order valence-corrected chi connectivity index (χ4v) is 2.20. The van der Waals surface area contributed by atoms with Crippen LogP contribution in [0.2, 0.25) is 0 Å². The molecule has 0 saturated heterocycles. The van der Waals surface area contributed by atoms with E-state index in [1.54, 1.807) is 13.0 Å². The molecule has 0 radical (unpaired) electrons. The molecule has 0 N–H and O–H groups in total. The van der Waals surface area contributed by atoms with Gasteiger partial charge in [0.05, 0.1) is 5.70 Å². The Morgan fingerprint density at radius 3 is 2.24 bits per heavy atom. The van der Waals surface area contributed by atoms with Gasteiger partial charge in [-0.05, 0) is 48.6 Å². The molecule has 1 aromatic carbocycles. The van der Waals surface area contributed by atoms with Crippen molar-refractivity contribution in [2.45, 2.75) is 20.8 Å². The molecular weight excluding hydrogens is 377 g/mol. The van der Waals surface area contributed by atoms with Crippen molar-refractivity contribution in [3.8, 4) is 11.8 Å². The molecule has 2 amide bonds. The Labute approximate surface area is 138 Å². The van der Waals surface area contributed by atoms with Crippen molar-refractivity contribution in [3.05, 3.63) is 57.3 Å². The SMILES string of the molecule is C/C=C(I)\C(=C/C)N(C(C)=O)C(=O)C#Cc1ccccc1. The highest BCUT2D eigenvalue weighted by atomic mass is 127. The first-order valence-corrected chi connectivity index (χ1v) is 7.49. The van der Waals surface area contributed by atoms with E-state index in [-0.39, 0.29) is 5.91 Å². The summed E-state index contributed by atoms with van der Waals surface area (Å²) in [6.07, 6.45) is 3.56. The van der Waals surface area contributed by atoms with Crippen molar-refractivity contribution in [2.75, 3.05) is 0 Å². The number of carbonyl (C=O) groups excluding carboxylic acids is 2. The van der Waals surface area contributed by atoms with Gasteiger partial charge in [-0.3, -0.25) is 9.59 Å². The zero-order valence-corrected chi connectivity index (χ0v) is 14.3. The van der Waals surface area contributed by atoms with Crippen LogP contribution in [0.3, 0.4) is 0 Å². The summed E-state index contributed by atoms with van der Waals surface area (Å²) in [6.45, 7) is 4.99. The molecule has 1 rings (SSSR count). The number of amides is 2. The molecule has 0 atom stereocenters. The second-order valence-electron chi connectivity index (χ2n) is 4.09. The van der Waals surface area contributed by atoms with Crippen LogP contribution < -0.4 is 0 Å². The molecular formula is C17H16INO2. The van der Waals surface area contributed by atoms with Crippen molar-refractivity contribution in [1.29, 1.82) is 0 Å². The van der Waals surface area contributed by atoms with Crippen molar-refractivity contribution >= 4 is 34.4 Å². The number of imide groups is 1. The molecule has 0 unspecified atom stereocenters. The lowest BCUT2D eigenvalue weighted by atomic mass is 10.2. The fourth-order valence-electron chi connectivity index (χ4n) is 1.65. The summed E-state index contributed by atoms with van der Waals surface area (Å²) in [5, 5.41) is 0. The summed E-state index contributed by atoms with van der Waals surface area (Å²) in [4.78, 5) is 25.1. The second-order valence-corrected chi connectivity index (χ2v) is 5.25. The van der Waals surface area contributed by atoms with Crippen LogP contribution >= 0.6 is 22.6 Å². The van der Waals surface area contributed by atoms with Crippen molar-refractivity contribution < 1.29 is 9.59 Å². The normalized spacial score (nSPS) is 11.4. The van der Waals surface area contributed by atoms with Crippen LogP contribution in [0.15, 0.2) is 51.8 Å². The van der Waals surface area contributed by atoms with E-state index < -0.39 is 5.91 Å². The molecule has 108 valence electrons. The maximum absolute atomic E-state index is 12.2. The first kappa shape index (κ1) is 17.2. The zero-order chi connectivity index (χ0) is 15.8. The zero-order valence-electron chi connectivity index (χ0n) is 12.2. The molecule has 0 aromatic heterocycles. The molecule has 4 heteroatoms. The summed E-state index contributed by atoms with van der Waals surface area (Å²) in [5.74, 6) is 4.40. The first-order valence-electron chi connectivity index (χ1n) is 6.41. The Kier molecular flexibility index (Phi) is 6.89. The average molecular weight is 393 g/mol. The van der Waals surface area contributed by atoms with Crippen LogP contribution in [-0.4, -0.2) is 16.7 Å². The lowest BCUT2D eigenvalue weighted by Crippen LogP contribution is -2.33. The molecule has 21 heavy (non-hydrogen) atoms. The van der Waals surface area contributed by atoms with Crippen LogP contribution in [0, 0.1) is 11.8 Å². The number of carbonyl (C=O) groups is 2. The van der Waals surface area contributed by atoms with Crippen molar-refractivity contribution in [1.82, 2.24) is 4.90 Å². The minimum atomic E-state index is -0.532. The number of halogens is 1. The Bertz CT molecular complexity index is 648. The Morgan fingerprint density at radius 2 is 1.76 bits per heavy atom. The van der Waals surface area contributed by atoms with Gasteiger partial charge in [0.1, 0.15) is 0 Å². The standard InChI is InChI=1S/C17H16INO2/c1-4-15(18)16(5-2)19(13(3)20)17(21)12-11-14-9-7-6-8-10-14/h4-10H,1-3H3/b15-4+,16-5+. The van der Waals surface area contributed by atoms with Gasteiger partial charge >= 0.3 is 5.91 Å². The predicted molar refractivity (Wildman–Crippen MR) is 92.4 cm³/mol. The van der Waals surface area contributed by atoms with E-state index in [0.29, 0.717) is 5.70 Å². The van der Waals surface area contributed by atoms with E-state index >= 15 is 0 Å². The van der Waals surface area contributed by atoms with Crippen LogP contribution in [0.4, 0.5) is 0 Å². The number of allylic oxidation sites excluding steroid dienone is 3. The highest BCUT2D eigenvalue weighted by molar-refractivity contribution is 14.1. The number of benzene rings is 1. The van der Waals surface area contributed by atoms with Crippen LogP contribution in [0.25, 0.3) is 0 Å². The van der Waals surface area contributed by atoms with Crippen molar-refractivity contribution in [3.63, 3.8) is 0 Å². The van der Waals surface area contributed by atoms with Gasteiger partial charge in [-0.1, -0.05) is 36.3 Å². The number of hydrogen-bond donors (Lipinski definition) is 0. The van der Waals surface area contributed by atoms with E-state index in [1.807, 2.05) is 43.3 Å². The third kappa shape index (κ3) is 4.87. The number of hydrogen-bond acceptors (Lipinski definition) is 2. The molecule has 0 fully saturated rings. The predicted octanol–water partition coefficient (Wildman–Crippen LogP) is 3.66. The van der Waals surface area contributed by atoms with E-state index in [2.05, 4.69) is 34.4 Å². The van der Waals surface area contributed by atoms with Crippen molar-refractivity contribution in [2.24, 2.45) is 0 Å². The summed E-state index contributed by atoms with van der Waals surface area (Å²) in [6, 6.07) is 9.19. The maximum Gasteiger partial charge on any atom is 0.310 e. The number of rotatable bonds is 2. The fraction of sp³-hybridized carbons (Fsp3) is 0.176. The molecule has 1 aromatic rings. The monoisotopic (exact) mass is 393 g/mol. The Hall–Kier alpha value is -1.87. The van der Waals surface area contributed by atoms with Gasteiger partial charge in [0, 0.05) is 22.0 Å². The highest BCUT2D eigenvalue weighted by Gasteiger charge is 2.21. The summed E-state index contributed by atoms with van der Waals surface area (Å²) in [7, 11) is 0. The van der Waals surface area contributed by atoms with Gasteiger partial charge in [-0.15, -0.1) is 0 Å². The smallest absolute Gasteiger partial charge is 0.274 e. The largest absolute Gasteiger partial charge is 0.310 e. The van der Waals surface area contributed by atoms with Crippen LogP contribution in [0.1, 0.15) is 26.3 Å². The first-order chi connectivity index (χ1) is 10.0. The second kappa shape index (κ2) is 8.42. The van der Waals surface area contributed by atoms with Crippen LogP contribution in [-0.2, 0) is 9.59 Å². The van der Waals surface area contributed by atoms with Crippen LogP contribution in [0.5, 0.6) is 0 Å². The van der Waals surface area contributed by atoms with E-state index in [1.165, 1.54) is 6.92 Å². The summed E-state index contributed by atoms with van der Waals surface area (Å²) < 4.78 is 0.820. The summed E-state index contributed by atoms with van der Waals surface area (Å²) >= 11 is 2.09. The van der Waals surface area contributed by atoms with Gasteiger partial charge in [0.2, 0.25) is 5.91 Å². The molecule has 0 aliphatic rings. The quantitative estimate of drug-likeness (QED) is 0.437. The average Bonchev–Trinajstić information content (AvgIpc) is 2.50. The Balaban J connectivity index is 3.11. The third-order valence-electron chi connectivity index (χ3n) is 2.62. The number of nitrogens with zero attached hydrogens (tertiary/aromatic N) is 1. The van der Waals surface area contributed by atoms with Gasteiger partial charge < -0.3 is 0 Å².